The lowest BCUT2D eigenvalue weighted by molar-refractivity contribution is 0.475. The van der Waals surface area contributed by atoms with Gasteiger partial charge in [0, 0.05) is 10.8 Å². The van der Waals surface area contributed by atoms with Crippen molar-refractivity contribution >= 4 is 10.8 Å². The molecular weight excluding hydrogens is 176 g/mol. The molecule has 0 aliphatic heterocycles. The first kappa shape index (κ1) is 8.88. The molecule has 0 aliphatic rings. The Balaban J connectivity index is 3.05. The second kappa shape index (κ2) is 2.91. The first-order chi connectivity index (χ1) is 6.61. The predicted molar refractivity (Wildman–Crippen MR) is 56.8 cm³/mol. The maximum atomic E-state index is 9.69. The molecule has 2 aromatic carbocycles. The standard InChI is InChI=1S/C12H12O2/c1-7-3-5-10(14)12-8(2)4-6-9(13)11(7)12/h3-6,13-14H,1-2H3. The molecule has 2 N–H and O–H groups in total. The van der Waals surface area contributed by atoms with Gasteiger partial charge in [0.25, 0.3) is 0 Å². The van der Waals surface area contributed by atoms with E-state index < -0.39 is 0 Å². The fraction of sp³-hybridized carbons (Fsp3) is 0.167. The lowest BCUT2D eigenvalue weighted by Gasteiger charge is -2.08. The van der Waals surface area contributed by atoms with Gasteiger partial charge in [-0.3, -0.25) is 0 Å². The third kappa shape index (κ3) is 1.11. The van der Waals surface area contributed by atoms with E-state index in [1.54, 1.807) is 24.3 Å². The van der Waals surface area contributed by atoms with Gasteiger partial charge in [0.15, 0.2) is 0 Å². The van der Waals surface area contributed by atoms with Crippen LogP contribution in [0.5, 0.6) is 11.5 Å². The molecule has 2 rings (SSSR count). The molecule has 2 heteroatoms. The molecule has 0 radical (unpaired) electrons. The quantitative estimate of drug-likeness (QED) is 0.667. The molecule has 0 fully saturated rings. The summed E-state index contributed by atoms with van der Waals surface area (Å²) in [6.07, 6.45) is 0. The van der Waals surface area contributed by atoms with Crippen LogP contribution >= 0.6 is 0 Å². The van der Waals surface area contributed by atoms with E-state index in [1.165, 1.54) is 0 Å². The van der Waals surface area contributed by atoms with Crippen LogP contribution in [0, 0.1) is 13.8 Å². The summed E-state index contributed by atoms with van der Waals surface area (Å²) in [5.74, 6) is 0.443. The van der Waals surface area contributed by atoms with Gasteiger partial charge in [-0.05, 0) is 37.1 Å². The Bertz CT molecular complexity index is 412. The lowest BCUT2D eigenvalue weighted by Crippen LogP contribution is -1.84. The normalized spacial score (nSPS) is 10.7. The SMILES string of the molecule is Cc1ccc(O)c2c(C)ccc(O)c12. The Hall–Kier alpha value is -1.70. The zero-order valence-electron chi connectivity index (χ0n) is 8.20. The minimum atomic E-state index is 0.221. The third-order valence-corrected chi connectivity index (χ3v) is 2.53. The molecule has 0 amide bonds. The van der Waals surface area contributed by atoms with Gasteiger partial charge < -0.3 is 10.2 Å². The van der Waals surface area contributed by atoms with Crippen LogP contribution in [0.2, 0.25) is 0 Å². The molecule has 0 atom stereocenters. The third-order valence-electron chi connectivity index (χ3n) is 2.53. The maximum Gasteiger partial charge on any atom is 0.123 e. The molecule has 0 spiro atoms. The molecular formula is C12H12O2. The van der Waals surface area contributed by atoms with Gasteiger partial charge in [-0.1, -0.05) is 12.1 Å². The van der Waals surface area contributed by atoms with Crippen molar-refractivity contribution in [1.29, 1.82) is 0 Å². The molecule has 0 heterocycles. The van der Waals surface area contributed by atoms with Gasteiger partial charge in [0.2, 0.25) is 0 Å². The number of fused-ring (bicyclic) bond motifs is 1. The van der Waals surface area contributed by atoms with Gasteiger partial charge >= 0.3 is 0 Å². The molecule has 14 heavy (non-hydrogen) atoms. The Kier molecular flexibility index (Phi) is 1.84. The van der Waals surface area contributed by atoms with Crippen molar-refractivity contribution in [1.82, 2.24) is 0 Å². The van der Waals surface area contributed by atoms with Crippen LogP contribution in [0.15, 0.2) is 24.3 Å². The van der Waals surface area contributed by atoms with E-state index in [0.29, 0.717) is 0 Å². The van der Waals surface area contributed by atoms with E-state index in [2.05, 4.69) is 0 Å². The number of aryl methyl sites for hydroxylation is 2. The van der Waals surface area contributed by atoms with Gasteiger partial charge in [0.05, 0.1) is 0 Å². The minimum Gasteiger partial charge on any atom is -0.507 e. The van der Waals surface area contributed by atoms with Crippen LogP contribution in [-0.4, -0.2) is 10.2 Å². The van der Waals surface area contributed by atoms with Gasteiger partial charge in [-0.2, -0.15) is 0 Å². The summed E-state index contributed by atoms with van der Waals surface area (Å²) in [6, 6.07) is 6.92. The second-order valence-corrected chi connectivity index (χ2v) is 3.55. The van der Waals surface area contributed by atoms with Crippen LogP contribution in [0.3, 0.4) is 0 Å². The van der Waals surface area contributed by atoms with Crippen molar-refractivity contribution in [2.75, 3.05) is 0 Å². The number of phenols is 2. The topological polar surface area (TPSA) is 40.5 Å². The van der Waals surface area contributed by atoms with Gasteiger partial charge in [0.1, 0.15) is 11.5 Å². The molecule has 0 bridgehead atoms. The Morgan fingerprint density at radius 3 is 1.43 bits per heavy atom. The molecule has 0 saturated carbocycles. The summed E-state index contributed by atoms with van der Waals surface area (Å²) in [5, 5.41) is 20.9. The van der Waals surface area contributed by atoms with Crippen LogP contribution in [0.25, 0.3) is 10.8 Å². The summed E-state index contributed by atoms with van der Waals surface area (Å²) in [7, 11) is 0. The van der Waals surface area contributed by atoms with Crippen molar-refractivity contribution in [3.05, 3.63) is 35.4 Å². The molecule has 0 aromatic heterocycles. The number of phenolic OH excluding ortho intramolecular Hbond substituents is 2. The van der Waals surface area contributed by atoms with Gasteiger partial charge in [-0.15, -0.1) is 0 Å². The number of hydrogen-bond donors (Lipinski definition) is 2. The van der Waals surface area contributed by atoms with E-state index >= 15 is 0 Å². The van der Waals surface area contributed by atoms with E-state index in [4.69, 9.17) is 0 Å². The highest BCUT2D eigenvalue weighted by molar-refractivity contribution is 5.97. The first-order valence-corrected chi connectivity index (χ1v) is 4.52. The molecule has 0 saturated heterocycles. The van der Waals surface area contributed by atoms with E-state index in [9.17, 15) is 10.2 Å². The smallest absolute Gasteiger partial charge is 0.123 e. The van der Waals surface area contributed by atoms with Crippen molar-refractivity contribution < 1.29 is 10.2 Å². The highest BCUT2D eigenvalue weighted by atomic mass is 16.3. The number of aromatic hydroxyl groups is 2. The summed E-state index contributed by atoms with van der Waals surface area (Å²) in [4.78, 5) is 0. The lowest BCUT2D eigenvalue weighted by atomic mass is 10.00. The van der Waals surface area contributed by atoms with Crippen molar-refractivity contribution in [2.45, 2.75) is 13.8 Å². The van der Waals surface area contributed by atoms with Gasteiger partial charge in [-0.25, -0.2) is 0 Å². The van der Waals surface area contributed by atoms with Crippen molar-refractivity contribution in [2.24, 2.45) is 0 Å². The first-order valence-electron chi connectivity index (χ1n) is 4.52. The molecule has 2 aromatic rings. The Morgan fingerprint density at radius 2 is 1.07 bits per heavy atom. The summed E-state index contributed by atoms with van der Waals surface area (Å²) in [6.45, 7) is 3.84. The summed E-state index contributed by atoms with van der Waals surface area (Å²) < 4.78 is 0. The predicted octanol–water partition coefficient (Wildman–Crippen LogP) is 2.87. The fourth-order valence-electron chi connectivity index (χ4n) is 1.80. The minimum absolute atomic E-state index is 0.221. The van der Waals surface area contributed by atoms with Crippen molar-refractivity contribution in [3.63, 3.8) is 0 Å². The van der Waals surface area contributed by atoms with Crippen molar-refractivity contribution in [3.8, 4) is 11.5 Å². The number of benzene rings is 2. The zero-order chi connectivity index (χ0) is 10.3. The number of rotatable bonds is 0. The molecule has 2 nitrogen and oxygen atoms in total. The highest BCUT2D eigenvalue weighted by Crippen LogP contribution is 2.35. The van der Waals surface area contributed by atoms with Crippen LogP contribution in [0.4, 0.5) is 0 Å². The average Bonchev–Trinajstić information content (AvgIpc) is 2.16. The molecule has 0 unspecified atom stereocenters. The van der Waals surface area contributed by atoms with E-state index in [0.717, 1.165) is 21.9 Å². The van der Waals surface area contributed by atoms with E-state index in [1.807, 2.05) is 13.8 Å². The monoisotopic (exact) mass is 188 g/mol. The van der Waals surface area contributed by atoms with E-state index in [-0.39, 0.29) is 11.5 Å². The fourth-order valence-corrected chi connectivity index (χ4v) is 1.80. The van der Waals surface area contributed by atoms with Crippen LogP contribution < -0.4 is 0 Å². The largest absolute Gasteiger partial charge is 0.507 e. The second-order valence-electron chi connectivity index (χ2n) is 3.55. The molecule has 0 aliphatic carbocycles. The average molecular weight is 188 g/mol. The highest BCUT2D eigenvalue weighted by Gasteiger charge is 2.08. The Morgan fingerprint density at radius 1 is 0.714 bits per heavy atom. The molecule has 72 valence electrons. The summed E-state index contributed by atoms with van der Waals surface area (Å²) >= 11 is 0. The zero-order valence-corrected chi connectivity index (χ0v) is 8.20. The maximum absolute atomic E-state index is 9.69. The number of hydrogen-bond acceptors (Lipinski definition) is 2. The summed E-state index contributed by atoms with van der Waals surface area (Å²) in [5.41, 5.74) is 1.94. The van der Waals surface area contributed by atoms with Crippen LogP contribution in [0.1, 0.15) is 11.1 Å². The van der Waals surface area contributed by atoms with Crippen LogP contribution in [-0.2, 0) is 0 Å². The Labute approximate surface area is 82.4 Å².